The number of furan rings is 1. The van der Waals surface area contributed by atoms with E-state index in [0.717, 1.165) is 7.11 Å². The number of nitro groups is 1. The number of nitro benzene ring substituents is 1. The largest absolute Gasteiger partial charge is 0.465 e. The van der Waals surface area contributed by atoms with Crippen molar-refractivity contribution in [1.82, 2.24) is 0 Å². The van der Waals surface area contributed by atoms with Crippen LogP contribution in [-0.2, 0) is 9.53 Å². The molecule has 0 spiro atoms. The van der Waals surface area contributed by atoms with Crippen LogP contribution in [0.2, 0.25) is 5.02 Å². The molecule has 1 heterocycles. The first kappa shape index (κ1) is 16.3. The van der Waals surface area contributed by atoms with Gasteiger partial charge in [0, 0.05) is 17.2 Å². The Labute approximate surface area is 135 Å². The van der Waals surface area contributed by atoms with Crippen molar-refractivity contribution in [3.05, 3.63) is 56.8 Å². The van der Waals surface area contributed by atoms with Crippen molar-refractivity contribution >= 4 is 29.3 Å². The van der Waals surface area contributed by atoms with Crippen LogP contribution in [0.1, 0.15) is 5.76 Å². The van der Waals surface area contributed by atoms with Gasteiger partial charge in [0.1, 0.15) is 23.2 Å². The maximum absolute atomic E-state index is 11.3. The summed E-state index contributed by atoms with van der Waals surface area (Å²) < 4.78 is 9.90. The fraction of sp³-hybridized carbons (Fsp3) is 0.0667. The molecule has 0 aliphatic rings. The first-order chi connectivity index (χ1) is 11.0. The van der Waals surface area contributed by atoms with E-state index in [0.29, 0.717) is 0 Å². The molecule has 0 fully saturated rings. The topological polar surface area (TPSA) is 106 Å². The third-order valence-electron chi connectivity index (χ3n) is 2.86. The van der Waals surface area contributed by atoms with E-state index in [-0.39, 0.29) is 33.4 Å². The molecule has 0 atom stereocenters. The summed E-state index contributed by atoms with van der Waals surface area (Å²) in [5.74, 6) is -0.407. The van der Waals surface area contributed by atoms with E-state index in [4.69, 9.17) is 21.3 Å². The quantitative estimate of drug-likeness (QED) is 0.278. The zero-order valence-corrected chi connectivity index (χ0v) is 12.5. The predicted molar refractivity (Wildman–Crippen MR) is 81.4 cm³/mol. The summed E-state index contributed by atoms with van der Waals surface area (Å²) in [5, 5.41) is 20.2. The predicted octanol–water partition coefficient (Wildman–Crippen LogP) is 3.59. The Morgan fingerprint density at radius 1 is 1.43 bits per heavy atom. The Kier molecular flexibility index (Phi) is 4.79. The van der Waals surface area contributed by atoms with Gasteiger partial charge in [-0.15, -0.1) is 0 Å². The summed E-state index contributed by atoms with van der Waals surface area (Å²) in [6, 6.07) is 8.83. The van der Waals surface area contributed by atoms with Gasteiger partial charge in [0.05, 0.1) is 17.6 Å². The number of carbonyl (C=O) groups excluding carboxylic acids is 1. The molecule has 0 saturated carbocycles. The molecular weight excluding hydrogens is 324 g/mol. The minimum atomic E-state index is -0.803. The van der Waals surface area contributed by atoms with Crippen LogP contribution in [0.5, 0.6) is 0 Å². The lowest BCUT2D eigenvalue weighted by atomic mass is 10.1. The number of methoxy groups -OCH3 is 1. The van der Waals surface area contributed by atoms with E-state index >= 15 is 0 Å². The van der Waals surface area contributed by atoms with E-state index in [2.05, 4.69) is 4.74 Å². The first-order valence-electron chi connectivity index (χ1n) is 6.20. The summed E-state index contributed by atoms with van der Waals surface area (Å²) in [4.78, 5) is 21.9. The first-order valence-corrected chi connectivity index (χ1v) is 6.58. The molecule has 23 heavy (non-hydrogen) atoms. The number of rotatable bonds is 4. The average molecular weight is 333 g/mol. The van der Waals surface area contributed by atoms with E-state index < -0.39 is 10.9 Å². The Balaban J connectivity index is 2.45. The van der Waals surface area contributed by atoms with Gasteiger partial charge in [-0.25, -0.2) is 4.79 Å². The van der Waals surface area contributed by atoms with Crippen molar-refractivity contribution in [3.63, 3.8) is 0 Å². The molecule has 116 valence electrons. The van der Waals surface area contributed by atoms with E-state index in [1.54, 1.807) is 6.07 Å². The molecule has 1 aromatic heterocycles. The lowest BCUT2D eigenvalue weighted by Gasteiger charge is -2.00. The van der Waals surface area contributed by atoms with E-state index in [9.17, 15) is 14.9 Å². The fourth-order valence-corrected chi connectivity index (χ4v) is 1.99. The normalized spacial score (nSPS) is 10.9. The lowest BCUT2D eigenvalue weighted by molar-refractivity contribution is -0.384. The zero-order valence-electron chi connectivity index (χ0n) is 11.8. The van der Waals surface area contributed by atoms with Crippen LogP contribution in [0, 0.1) is 21.4 Å². The number of esters is 1. The number of ether oxygens (including phenoxy) is 1. The second kappa shape index (κ2) is 6.77. The van der Waals surface area contributed by atoms with Gasteiger partial charge in [0.2, 0.25) is 0 Å². The van der Waals surface area contributed by atoms with Gasteiger partial charge in [-0.1, -0.05) is 11.6 Å². The van der Waals surface area contributed by atoms with Gasteiger partial charge < -0.3 is 9.15 Å². The lowest BCUT2D eigenvalue weighted by Crippen LogP contribution is -2.02. The summed E-state index contributed by atoms with van der Waals surface area (Å²) in [6.07, 6.45) is 1.19. The maximum Gasteiger partial charge on any atom is 0.348 e. The monoisotopic (exact) mass is 332 g/mol. The van der Waals surface area contributed by atoms with Crippen molar-refractivity contribution in [3.8, 4) is 17.4 Å². The molecule has 0 aliphatic carbocycles. The molecule has 0 bridgehead atoms. The molecule has 0 saturated heterocycles. The molecule has 1 aromatic carbocycles. The Hall–Kier alpha value is -3.11. The second-order valence-electron chi connectivity index (χ2n) is 4.28. The standard InChI is InChI=1S/C15H9ClN2O5/c1-22-15(19)9(8-17)6-11-3-5-14(23-11)12-4-2-10(16)7-13(12)18(20)21/h2-7H,1H3/b9-6+. The van der Waals surface area contributed by atoms with Crippen LogP contribution in [0.4, 0.5) is 5.69 Å². The summed E-state index contributed by atoms with van der Waals surface area (Å²) in [5.41, 5.74) is -0.231. The van der Waals surface area contributed by atoms with Gasteiger partial charge in [-0.2, -0.15) is 5.26 Å². The third-order valence-corrected chi connectivity index (χ3v) is 3.10. The minimum Gasteiger partial charge on any atom is -0.465 e. The summed E-state index contributed by atoms with van der Waals surface area (Å²) in [6.45, 7) is 0. The van der Waals surface area contributed by atoms with Crippen LogP contribution >= 0.6 is 11.6 Å². The molecule has 0 unspecified atom stereocenters. The molecule has 0 N–H and O–H groups in total. The number of benzene rings is 1. The van der Waals surface area contributed by atoms with Crippen molar-refractivity contribution in [2.75, 3.05) is 7.11 Å². The smallest absolute Gasteiger partial charge is 0.348 e. The molecular formula is C15H9ClN2O5. The highest BCUT2D eigenvalue weighted by Crippen LogP contribution is 2.33. The Morgan fingerprint density at radius 2 is 2.17 bits per heavy atom. The van der Waals surface area contributed by atoms with Gasteiger partial charge in [-0.3, -0.25) is 10.1 Å². The molecule has 0 radical (unpaired) electrons. The number of nitriles is 1. The molecule has 0 aliphatic heterocycles. The van der Waals surface area contributed by atoms with Crippen molar-refractivity contribution in [1.29, 1.82) is 5.26 Å². The van der Waals surface area contributed by atoms with Gasteiger partial charge >= 0.3 is 5.97 Å². The third kappa shape index (κ3) is 3.56. The zero-order chi connectivity index (χ0) is 17.0. The summed E-state index contributed by atoms with van der Waals surface area (Å²) >= 11 is 5.76. The average Bonchev–Trinajstić information content (AvgIpc) is 3.00. The SMILES string of the molecule is COC(=O)/C(C#N)=C/c1ccc(-c2ccc(Cl)cc2[N+](=O)[O-])o1. The van der Waals surface area contributed by atoms with Crippen molar-refractivity contribution in [2.24, 2.45) is 0 Å². The number of hydrogen-bond donors (Lipinski definition) is 0. The molecule has 7 nitrogen and oxygen atoms in total. The molecule has 2 rings (SSSR count). The van der Waals surface area contributed by atoms with Crippen LogP contribution in [-0.4, -0.2) is 18.0 Å². The van der Waals surface area contributed by atoms with Crippen LogP contribution in [0.25, 0.3) is 17.4 Å². The van der Waals surface area contributed by atoms with Gasteiger partial charge in [-0.05, 0) is 24.3 Å². The van der Waals surface area contributed by atoms with E-state index in [1.165, 1.54) is 36.4 Å². The van der Waals surface area contributed by atoms with Crippen LogP contribution in [0.3, 0.4) is 0 Å². The molecule has 2 aromatic rings. The highest BCUT2D eigenvalue weighted by atomic mass is 35.5. The molecule has 0 amide bonds. The van der Waals surface area contributed by atoms with Crippen molar-refractivity contribution in [2.45, 2.75) is 0 Å². The van der Waals surface area contributed by atoms with Gasteiger partial charge in [0.25, 0.3) is 5.69 Å². The molecule has 8 heteroatoms. The van der Waals surface area contributed by atoms with Crippen LogP contribution in [0.15, 0.2) is 40.3 Å². The summed E-state index contributed by atoms with van der Waals surface area (Å²) in [7, 11) is 1.15. The highest BCUT2D eigenvalue weighted by Gasteiger charge is 2.19. The number of hydrogen-bond acceptors (Lipinski definition) is 6. The number of halogens is 1. The van der Waals surface area contributed by atoms with E-state index in [1.807, 2.05) is 0 Å². The van der Waals surface area contributed by atoms with Crippen LogP contribution < -0.4 is 0 Å². The van der Waals surface area contributed by atoms with Crippen molar-refractivity contribution < 1.29 is 18.9 Å². The number of nitrogens with zero attached hydrogens (tertiary/aromatic N) is 2. The Morgan fingerprint density at radius 3 is 2.78 bits per heavy atom. The second-order valence-corrected chi connectivity index (χ2v) is 4.72. The minimum absolute atomic E-state index is 0.186. The fourth-order valence-electron chi connectivity index (χ4n) is 1.83. The Bertz CT molecular complexity index is 848. The highest BCUT2D eigenvalue weighted by molar-refractivity contribution is 6.30. The number of carbonyl (C=O) groups is 1. The van der Waals surface area contributed by atoms with Gasteiger partial charge in [0.15, 0.2) is 0 Å². The maximum atomic E-state index is 11.3.